The Bertz CT molecular complexity index is 303. The Morgan fingerprint density at radius 1 is 1.57 bits per heavy atom. The number of alkyl halides is 1. The van der Waals surface area contributed by atoms with E-state index < -0.39 is 11.6 Å². The van der Waals surface area contributed by atoms with Crippen molar-refractivity contribution in [1.29, 1.82) is 0 Å². The predicted octanol–water partition coefficient (Wildman–Crippen LogP) is 2.79. The monoisotopic (exact) mass is 220 g/mol. The quantitative estimate of drug-likeness (QED) is 0.790. The highest BCUT2D eigenvalue weighted by molar-refractivity contribution is 6.18. The minimum Gasteiger partial charge on any atom is -0.364 e. The van der Waals surface area contributed by atoms with Crippen molar-refractivity contribution in [2.45, 2.75) is 19.4 Å². The Labute approximate surface area is 86.3 Å². The molecule has 78 valence electrons. The van der Waals surface area contributed by atoms with Gasteiger partial charge in [-0.1, -0.05) is 6.92 Å². The van der Waals surface area contributed by atoms with Crippen LogP contribution in [-0.4, -0.2) is 16.9 Å². The van der Waals surface area contributed by atoms with Crippen molar-refractivity contribution in [2.75, 3.05) is 11.2 Å². The molecule has 0 saturated carbocycles. The van der Waals surface area contributed by atoms with Crippen molar-refractivity contribution in [1.82, 2.24) is 4.98 Å². The molecule has 0 spiro atoms. The van der Waals surface area contributed by atoms with Crippen LogP contribution in [0.4, 0.5) is 14.6 Å². The van der Waals surface area contributed by atoms with E-state index in [4.69, 9.17) is 11.6 Å². The summed E-state index contributed by atoms with van der Waals surface area (Å²) in [7, 11) is 0. The maximum Gasteiger partial charge on any atom is 0.168 e. The maximum atomic E-state index is 13.1. The van der Waals surface area contributed by atoms with Gasteiger partial charge in [0.05, 0.1) is 6.20 Å². The second-order valence-corrected chi connectivity index (χ2v) is 3.20. The second kappa shape index (κ2) is 5.10. The van der Waals surface area contributed by atoms with Gasteiger partial charge < -0.3 is 5.32 Å². The highest BCUT2D eigenvalue weighted by Crippen LogP contribution is 2.13. The van der Waals surface area contributed by atoms with E-state index in [0.717, 1.165) is 18.7 Å². The van der Waals surface area contributed by atoms with E-state index in [1.807, 2.05) is 6.92 Å². The van der Waals surface area contributed by atoms with Crippen LogP contribution in [0.2, 0.25) is 0 Å². The van der Waals surface area contributed by atoms with Crippen LogP contribution in [0.1, 0.15) is 13.3 Å². The molecule has 1 aromatic heterocycles. The summed E-state index contributed by atoms with van der Waals surface area (Å²) in [5.41, 5.74) is 0. The zero-order valence-electron chi connectivity index (χ0n) is 7.73. The number of nitrogens with zero attached hydrogens (tertiary/aromatic N) is 1. The third kappa shape index (κ3) is 2.80. The Balaban J connectivity index is 2.76. The van der Waals surface area contributed by atoms with E-state index in [0.29, 0.717) is 5.88 Å². The van der Waals surface area contributed by atoms with Gasteiger partial charge in [-0.25, -0.2) is 13.8 Å². The molecule has 0 aliphatic rings. The summed E-state index contributed by atoms with van der Waals surface area (Å²) in [6.45, 7) is 1.92. The highest BCUT2D eigenvalue weighted by Gasteiger charge is 2.09. The fourth-order valence-corrected chi connectivity index (χ4v) is 1.26. The summed E-state index contributed by atoms with van der Waals surface area (Å²) in [6, 6.07) is 0.736. The summed E-state index contributed by atoms with van der Waals surface area (Å²) in [5.74, 6) is -0.992. The molecule has 1 atom stereocenters. The van der Waals surface area contributed by atoms with E-state index in [1.165, 1.54) is 0 Å². The van der Waals surface area contributed by atoms with E-state index >= 15 is 0 Å². The molecule has 5 heteroatoms. The van der Waals surface area contributed by atoms with Crippen LogP contribution in [-0.2, 0) is 0 Å². The van der Waals surface area contributed by atoms with E-state index in [1.54, 1.807) is 0 Å². The number of pyridine rings is 1. The zero-order chi connectivity index (χ0) is 10.6. The van der Waals surface area contributed by atoms with Gasteiger partial charge in [0.25, 0.3) is 0 Å². The van der Waals surface area contributed by atoms with Crippen LogP contribution in [0.3, 0.4) is 0 Å². The minimum absolute atomic E-state index is 0.0406. The number of hydrogen-bond acceptors (Lipinski definition) is 2. The summed E-state index contributed by atoms with van der Waals surface area (Å²) in [6.07, 6.45) is 1.72. The smallest absolute Gasteiger partial charge is 0.168 e. The lowest BCUT2D eigenvalue weighted by Gasteiger charge is -2.14. The molecule has 14 heavy (non-hydrogen) atoms. The summed E-state index contributed by atoms with van der Waals surface area (Å²) in [4.78, 5) is 3.59. The van der Waals surface area contributed by atoms with E-state index in [9.17, 15) is 8.78 Å². The van der Waals surface area contributed by atoms with Gasteiger partial charge in [-0.15, -0.1) is 11.6 Å². The molecule has 0 bridgehead atoms. The molecular weight excluding hydrogens is 210 g/mol. The first-order chi connectivity index (χ1) is 6.67. The normalized spacial score (nSPS) is 12.6. The molecule has 0 aromatic carbocycles. The Hall–Kier alpha value is -0.900. The fourth-order valence-electron chi connectivity index (χ4n) is 0.964. The molecule has 0 fully saturated rings. The van der Waals surface area contributed by atoms with Gasteiger partial charge in [0.15, 0.2) is 11.6 Å². The van der Waals surface area contributed by atoms with Crippen molar-refractivity contribution >= 4 is 17.4 Å². The third-order valence-electron chi connectivity index (χ3n) is 1.83. The van der Waals surface area contributed by atoms with Gasteiger partial charge in [-0.05, 0) is 6.42 Å². The van der Waals surface area contributed by atoms with Crippen LogP contribution in [0.5, 0.6) is 0 Å². The Morgan fingerprint density at radius 3 is 2.79 bits per heavy atom. The molecule has 0 aliphatic heterocycles. The van der Waals surface area contributed by atoms with Crippen molar-refractivity contribution in [3.05, 3.63) is 23.9 Å². The molecular formula is C9H11ClF2N2. The molecule has 1 unspecified atom stereocenters. The van der Waals surface area contributed by atoms with Crippen LogP contribution in [0, 0.1) is 11.6 Å². The van der Waals surface area contributed by atoms with Crippen LogP contribution >= 0.6 is 11.6 Å². The van der Waals surface area contributed by atoms with Gasteiger partial charge in [-0.2, -0.15) is 0 Å². The van der Waals surface area contributed by atoms with Crippen LogP contribution < -0.4 is 5.32 Å². The average molecular weight is 221 g/mol. The summed E-state index contributed by atoms with van der Waals surface area (Å²) < 4.78 is 25.6. The van der Waals surface area contributed by atoms with Gasteiger partial charge in [0.1, 0.15) is 5.82 Å². The summed E-state index contributed by atoms with van der Waals surface area (Å²) in [5, 5.41) is 2.79. The first-order valence-corrected chi connectivity index (χ1v) is 4.84. The van der Waals surface area contributed by atoms with Crippen molar-refractivity contribution in [3.8, 4) is 0 Å². The first kappa shape index (κ1) is 11.2. The Kier molecular flexibility index (Phi) is 4.07. The minimum atomic E-state index is -0.700. The number of aromatic nitrogens is 1. The lowest BCUT2D eigenvalue weighted by Crippen LogP contribution is -2.21. The van der Waals surface area contributed by atoms with E-state index in [-0.39, 0.29) is 11.9 Å². The standard InChI is InChI=1S/C9H11ClF2N2/c1-2-7(4-10)14-9-8(12)3-6(11)5-13-9/h3,5,7H,2,4H2,1H3,(H,13,14). The Morgan fingerprint density at radius 2 is 2.29 bits per heavy atom. The van der Waals surface area contributed by atoms with Crippen LogP contribution in [0.15, 0.2) is 12.3 Å². The lowest BCUT2D eigenvalue weighted by atomic mass is 10.2. The predicted molar refractivity (Wildman–Crippen MR) is 52.6 cm³/mol. The number of halogens is 3. The van der Waals surface area contributed by atoms with Gasteiger partial charge >= 0.3 is 0 Å². The van der Waals surface area contributed by atoms with Crippen molar-refractivity contribution in [3.63, 3.8) is 0 Å². The molecule has 0 aliphatic carbocycles. The SMILES string of the molecule is CCC(CCl)Nc1ncc(F)cc1F. The topological polar surface area (TPSA) is 24.9 Å². The largest absolute Gasteiger partial charge is 0.364 e. The van der Waals surface area contributed by atoms with Gasteiger partial charge in [0, 0.05) is 18.0 Å². The molecule has 1 heterocycles. The molecule has 0 radical (unpaired) electrons. The molecule has 0 amide bonds. The zero-order valence-corrected chi connectivity index (χ0v) is 8.48. The molecule has 1 rings (SSSR count). The van der Waals surface area contributed by atoms with Gasteiger partial charge in [0.2, 0.25) is 0 Å². The van der Waals surface area contributed by atoms with Gasteiger partial charge in [-0.3, -0.25) is 0 Å². The molecule has 1 aromatic rings. The first-order valence-electron chi connectivity index (χ1n) is 4.31. The lowest BCUT2D eigenvalue weighted by molar-refractivity contribution is 0.573. The number of hydrogen-bond donors (Lipinski definition) is 1. The summed E-state index contributed by atoms with van der Waals surface area (Å²) >= 11 is 5.61. The number of anilines is 1. The maximum absolute atomic E-state index is 13.1. The molecule has 2 nitrogen and oxygen atoms in total. The number of nitrogens with one attached hydrogen (secondary N) is 1. The van der Waals surface area contributed by atoms with Crippen LogP contribution in [0.25, 0.3) is 0 Å². The number of rotatable bonds is 4. The fraction of sp³-hybridized carbons (Fsp3) is 0.444. The van der Waals surface area contributed by atoms with Crippen molar-refractivity contribution < 1.29 is 8.78 Å². The van der Waals surface area contributed by atoms with Crippen molar-refractivity contribution in [2.24, 2.45) is 0 Å². The third-order valence-corrected chi connectivity index (χ3v) is 2.20. The average Bonchev–Trinajstić information content (AvgIpc) is 2.17. The van der Waals surface area contributed by atoms with E-state index in [2.05, 4.69) is 10.3 Å². The second-order valence-electron chi connectivity index (χ2n) is 2.89. The molecule has 0 saturated heterocycles. The molecule has 1 N–H and O–H groups in total. The highest BCUT2D eigenvalue weighted by atomic mass is 35.5.